The Morgan fingerprint density at radius 2 is 1.77 bits per heavy atom. The zero-order chi connectivity index (χ0) is 22.5. The number of amides is 4. The van der Waals surface area contributed by atoms with Gasteiger partial charge in [0.1, 0.15) is 12.6 Å². The highest BCUT2D eigenvalue weighted by atomic mass is 16.2. The maximum absolute atomic E-state index is 12.8. The van der Waals surface area contributed by atoms with E-state index in [4.69, 9.17) is 0 Å². The van der Waals surface area contributed by atoms with Gasteiger partial charge < -0.3 is 10.2 Å². The Bertz CT molecular complexity index is 958. The van der Waals surface area contributed by atoms with Crippen molar-refractivity contribution in [2.75, 3.05) is 36.0 Å². The van der Waals surface area contributed by atoms with Gasteiger partial charge in [-0.1, -0.05) is 29.8 Å². The Morgan fingerprint density at radius 1 is 1.06 bits per heavy atom. The van der Waals surface area contributed by atoms with E-state index in [1.54, 1.807) is 6.92 Å². The van der Waals surface area contributed by atoms with Crippen LogP contribution in [0.1, 0.15) is 25.0 Å². The minimum Gasteiger partial charge on any atom is -0.370 e. The molecule has 7 heteroatoms. The third kappa shape index (κ3) is 5.05. The molecule has 3 rings (SSSR count). The van der Waals surface area contributed by atoms with Gasteiger partial charge in [0.15, 0.2) is 0 Å². The molecular formula is C24H30N4O3. The van der Waals surface area contributed by atoms with Crippen molar-refractivity contribution in [3.05, 3.63) is 59.7 Å². The van der Waals surface area contributed by atoms with Crippen molar-refractivity contribution < 1.29 is 14.4 Å². The molecule has 31 heavy (non-hydrogen) atoms. The van der Waals surface area contributed by atoms with Gasteiger partial charge in [0.05, 0.1) is 0 Å². The smallest absolute Gasteiger partial charge is 0.332 e. The molecular weight excluding hydrogens is 392 g/mol. The molecule has 0 unspecified atom stereocenters. The van der Waals surface area contributed by atoms with E-state index in [0.29, 0.717) is 18.8 Å². The lowest BCUT2D eigenvalue weighted by molar-refractivity contribution is -0.131. The lowest BCUT2D eigenvalue weighted by atomic mass is 10.2. The fourth-order valence-corrected chi connectivity index (χ4v) is 3.74. The van der Waals surface area contributed by atoms with Crippen LogP contribution >= 0.6 is 0 Å². The van der Waals surface area contributed by atoms with Crippen molar-refractivity contribution in [3.8, 4) is 0 Å². The third-order valence-electron chi connectivity index (χ3n) is 5.51. The van der Waals surface area contributed by atoms with Crippen LogP contribution in [0.4, 0.5) is 16.2 Å². The van der Waals surface area contributed by atoms with Crippen LogP contribution in [0.15, 0.2) is 48.5 Å². The normalized spacial score (nSPS) is 16.1. The number of anilines is 2. The zero-order valence-electron chi connectivity index (χ0n) is 18.6. The van der Waals surface area contributed by atoms with E-state index in [0.717, 1.165) is 22.7 Å². The van der Waals surface area contributed by atoms with Crippen LogP contribution in [0.2, 0.25) is 0 Å². The van der Waals surface area contributed by atoms with E-state index in [1.165, 1.54) is 10.5 Å². The Balaban J connectivity index is 1.56. The summed E-state index contributed by atoms with van der Waals surface area (Å²) in [5.41, 5.74) is 4.00. The van der Waals surface area contributed by atoms with Crippen molar-refractivity contribution in [1.29, 1.82) is 0 Å². The van der Waals surface area contributed by atoms with Gasteiger partial charge in [0, 0.05) is 31.0 Å². The molecule has 4 amide bonds. The number of rotatable bonds is 8. The molecule has 1 saturated heterocycles. The topological polar surface area (TPSA) is 73.0 Å². The van der Waals surface area contributed by atoms with Crippen molar-refractivity contribution in [3.63, 3.8) is 0 Å². The number of nitrogens with one attached hydrogen (secondary N) is 1. The monoisotopic (exact) mass is 422 g/mol. The minimum absolute atomic E-state index is 0.277. The molecule has 0 bridgehead atoms. The number of carbonyl (C=O) groups is 3. The Labute approximate surface area is 183 Å². The molecule has 0 aliphatic carbocycles. The van der Waals surface area contributed by atoms with Crippen LogP contribution in [0, 0.1) is 13.8 Å². The molecule has 1 aliphatic heterocycles. The van der Waals surface area contributed by atoms with Crippen LogP contribution in [-0.4, -0.2) is 55.0 Å². The van der Waals surface area contributed by atoms with Crippen LogP contribution < -0.4 is 15.1 Å². The lowest BCUT2D eigenvalue weighted by Gasteiger charge is -2.24. The van der Waals surface area contributed by atoms with Crippen molar-refractivity contribution in [2.24, 2.45) is 0 Å². The number of imide groups is 1. The van der Waals surface area contributed by atoms with Crippen molar-refractivity contribution >= 4 is 29.2 Å². The van der Waals surface area contributed by atoms with E-state index in [-0.39, 0.29) is 18.4 Å². The molecule has 164 valence electrons. The second-order valence-corrected chi connectivity index (χ2v) is 7.86. The largest absolute Gasteiger partial charge is 0.370 e. The summed E-state index contributed by atoms with van der Waals surface area (Å²) in [7, 11) is 0. The first-order valence-corrected chi connectivity index (χ1v) is 10.6. The summed E-state index contributed by atoms with van der Waals surface area (Å²) in [5, 5.41) is 2.83. The molecule has 7 nitrogen and oxygen atoms in total. The minimum atomic E-state index is -0.639. The first-order chi connectivity index (χ1) is 14.8. The summed E-state index contributed by atoms with van der Waals surface area (Å²) < 4.78 is 0. The average Bonchev–Trinajstić information content (AvgIpc) is 2.95. The van der Waals surface area contributed by atoms with E-state index in [1.807, 2.05) is 56.3 Å². The Hall–Kier alpha value is -3.35. The first-order valence-electron chi connectivity index (χ1n) is 10.6. The average molecular weight is 423 g/mol. The van der Waals surface area contributed by atoms with E-state index < -0.39 is 12.1 Å². The summed E-state index contributed by atoms with van der Waals surface area (Å²) in [6.45, 7) is 9.34. The van der Waals surface area contributed by atoms with Gasteiger partial charge >= 0.3 is 6.03 Å². The summed E-state index contributed by atoms with van der Waals surface area (Å²) >= 11 is 0. The van der Waals surface area contributed by atoms with Crippen LogP contribution in [0.3, 0.4) is 0 Å². The van der Waals surface area contributed by atoms with Gasteiger partial charge in [-0.15, -0.1) is 0 Å². The number of aryl methyl sites for hydroxylation is 2. The highest BCUT2D eigenvalue weighted by Gasteiger charge is 2.43. The summed E-state index contributed by atoms with van der Waals surface area (Å²) in [4.78, 5) is 42.5. The highest BCUT2D eigenvalue weighted by molar-refractivity contribution is 6.15. The van der Waals surface area contributed by atoms with Crippen LogP contribution in [-0.2, 0) is 9.59 Å². The first kappa shape index (κ1) is 22.3. The SMILES string of the molecule is CCN(CCNC(=O)CN1C(=O)[C@H](C)N(c2ccc(C)cc2)C1=O)c1cccc(C)c1. The molecule has 0 aromatic heterocycles. The predicted octanol–water partition coefficient (Wildman–Crippen LogP) is 3.10. The molecule has 1 N–H and O–H groups in total. The standard InChI is InChI=1S/C24H30N4O3/c1-5-26(21-8-6-7-18(3)15-21)14-13-25-22(29)16-27-23(30)19(4)28(24(27)31)20-11-9-17(2)10-12-20/h6-12,15,19H,5,13-14,16H2,1-4H3,(H,25,29)/t19-/m0/s1. The summed E-state index contributed by atoms with van der Waals surface area (Å²) in [6.07, 6.45) is 0. The van der Waals surface area contributed by atoms with Gasteiger partial charge in [-0.2, -0.15) is 0 Å². The van der Waals surface area contributed by atoms with E-state index >= 15 is 0 Å². The number of likely N-dealkylation sites (N-methyl/N-ethyl adjacent to an activating group) is 1. The fourth-order valence-electron chi connectivity index (χ4n) is 3.74. The molecule has 2 aromatic rings. The van der Waals surface area contributed by atoms with Gasteiger partial charge in [-0.05, 0) is 57.5 Å². The Kier molecular flexibility index (Phi) is 6.95. The number of benzene rings is 2. The second kappa shape index (κ2) is 9.64. The van der Waals surface area contributed by atoms with Crippen LogP contribution in [0.25, 0.3) is 0 Å². The second-order valence-electron chi connectivity index (χ2n) is 7.86. The van der Waals surface area contributed by atoms with Gasteiger partial charge in [0.2, 0.25) is 5.91 Å². The number of hydrogen-bond acceptors (Lipinski definition) is 4. The van der Waals surface area contributed by atoms with Gasteiger partial charge in [-0.3, -0.25) is 19.4 Å². The van der Waals surface area contributed by atoms with Crippen molar-refractivity contribution in [2.45, 2.75) is 33.7 Å². The molecule has 1 atom stereocenters. The number of carbonyl (C=O) groups excluding carboxylic acids is 3. The maximum Gasteiger partial charge on any atom is 0.332 e. The molecule has 0 radical (unpaired) electrons. The zero-order valence-corrected chi connectivity index (χ0v) is 18.6. The van der Waals surface area contributed by atoms with Crippen LogP contribution in [0.5, 0.6) is 0 Å². The quantitative estimate of drug-likeness (QED) is 0.664. The van der Waals surface area contributed by atoms with Gasteiger partial charge in [0.25, 0.3) is 5.91 Å². The van der Waals surface area contributed by atoms with Gasteiger partial charge in [-0.25, -0.2) is 4.79 Å². The predicted molar refractivity (Wildman–Crippen MR) is 122 cm³/mol. The number of nitrogens with zero attached hydrogens (tertiary/aromatic N) is 3. The molecule has 0 saturated carbocycles. The third-order valence-corrected chi connectivity index (χ3v) is 5.51. The molecule has 0 spiro atoms. The molecule has 1 fully saturated rings. The van der Waals surface area contributed by atoms with E-state index in [9.17, 15) is 14.4 Å². The number of urea groups is 1. The summed E-state index contributed by atoms with van der Waals surface area (Å²) in [6, 6.07) is 14.5. The number of hydrogen-bond donors (Lipinski definition) is 1. The van der Waals surface area contributed by atoms with E-state index in [2.05, 4.69) is 23.2 Å². The molecule has 2 aromatic carbocycles. The Morgan fingerprint density at radius 3 is 2.42 bits per heavy atom. The maximum atomic E-state index is 12.8. The molecule has 1 heterocycles. The fraction of sp³-hybridized carbons (Fsp3) is 0.375. The highest BCUT2D eigenvalue weighted by Crippen LogP contribution is 2.25. The van der Waals surface area contributed by atoms with Crippen molar-refractivity contribution in [1.82, 2.24) is 10.2 Å². The lowest BCUT2D eigenvalue weighted by Crippen LogP contribution is -2.43. The molecule has 1 aliphatic rings. The summed E-state index contributed by atoms with van der Waals surface area (Å²) in [5.74, 6) is -0.712.